The number of rotatable bonds is 12. The van der Waals surface area contributed by atoms with Gasteiger partial charge in [0.25, 0.3) is 0 Å². The van der Waals surface area contributed by atoms with Gasteiger partial charge in [0.1, 0.15) is 0 Å². The molecule has 0 aliphatic heterocycles. The number of ether oxygens (including phenoxy) is 1. The maximum absolute atomic E-state index is 10.6. The minimum Gasteiger partial charge on any atom is -0.375 e. The van der Waals surface area contributed by atoms with Gasteiger partial charge in [0.15, 0.2) is 0 Å². The summed E-state index contributed by atoms with van der Waals surface area (Å²) in [6.07, 6.45) is 4.64. The van der Waals surface area contributed by atoms with Gasteiger partial charge in [-0.05, 0) is 6.42 Å². The number of thioether (sulfide) groups is 1. The first-order valence-corrected chi connectivity index (χ1v) is 8.68. The van der Waals surface area contributed by atoms with E-state index in [9.17, 15) is 4.57 Å². The monoisotopic (exact) mass is 298 g/mol. The number of phosphoric acid groups is 1. The quantitative estimate of drug-likeness (QED) is 0.328. The van der Waals surface area contributed by atoms with E-state index in [1.54, 1.807) is 17.8 Å². The lowest BCUT2D eigenvalue weighted by Gasteiger charge is -2.17. The summed E-state index contributed by atoms with van der Waals surface area (Å²) in [7, 11) is -4.41. The van der Waals surface area contributed by atoms with Gasteiger partial charge in [-0.15, -0.1) is 6.58 Å². The molecular weight excluding hydrogens is 275 g/mol. The van der Waals surface area contributed by atoms with Gasteiger partial charge in [0.2, 0.25) is 0 Å². The van der Waals surface area contributed by atoms with Crippen molar-refractivity contribution in [2.45, 2.75) is 32.3 Å². The smallest absolute Gasteiger partial charge is 0.375 e. The normalized spacial score (nSPS) is 13.5. The molecule has 0 saturated carbocycles. The molecule has 108 valence electrons. The fraction of sp³-hybridized carbons (Fsp3) is 0.818. The molecule has 0 rings (SSSR count). The first kappa shape index (κ1) is 18.2. The first-order chi connectivity index (χ1) is 8.49. The van der Waals surface area contributed by atoms with Crippen molar-refractivity contribution in [2.24, 2.45) is 0 Å². The number of hydrogen-bond donors (Lipinski definition) is 2. The number of unbranched alkanes of at least 4 members (excludes halogenated alkanes) is 2. The molecule has 0 fully saturated rings. The second kappa shape index (κ2) is 11.0. The van der Waals surface area contributed by atoms with Gasteiger partial charge in [-0.25, -0.2) is 4.57 Å². The van der Waals surface area contributed by atoms with Crippen molar-refractivity contribution in [3.8, 4) is 0 Å². The zero-order chi connectivity index (χ0) is 13.9. The minimum atomic E-state index is -4.41. The zero-order valence-electron chi connectivity index (χ0n) is 10.8. The van der Waals surface area contributed by atoms with E-state index in [2.05, 4.69) is 18.0 Å². The van der Waals surface area contributed by atoms with Crippen LogP contribution in [0.4, 0.5) is 0 Å². The van der Waals surface area contributed by atoms with E-state index in [1.165, 1.54) is 0 Å². The molecule has 0 spiro atoms. The van der Waals surface area contributed by atoms with E-state index >= 15 is 0 Å². The lowest BCUT2D eigenvalue weighted by atomic mass is 10.3. The average Bonchev–Trinajstić information content (AvgIpc) is 2.29. The van der Waals surface area contributed by atoms with Crippen molar-refractivity contribution in [3.05, 3.63) is 12.7 Å². The van der Waals surface area contributed by atoms with Crippen LogP contribution in [0.3, 0.4) is 0 Å². The number of hydrogen-bond acceptors (Lipinski definition) is 4. The second-order valence-electron chi connectivity index (χ2n) is 3.81. The Morgan fingerprint density at radius 1 is 1.44 bits per heavy atom. The molecule has 1 unspecified atom stereocenters. The Hall–Kier alpha value is 0.160. The lowest BCUT2D eigenvalue weighted by Crippen LogP contribution is -2.23. The summed E-state index contributed by atoms with van der Waals surface area (Å²) in [5.74, 6) is 1.42. The van der Waals surface area contributed by atoms with E-state index in [1.807, 2.05) is 0 Å². The maximum atomic E-state index is 10.6. The van der Waals surface area contributed by atoms with Gasteiger partial charge >= 0.3 is 7.82 Å². The summed E-state index contributed by atoms with van der Waals surface area (Å²) in [5.41, 5.74) is 0. The van der Waals surface area contributed by atoms with Crippen LogP contribution in [0.1, 0.15) is 26.2 Å². The molecule has 2 N–H and O–H groups in total. The third-order valence-electron chi connectivity index (χ3n) is 2.07. The third-order valence-corrected chi connectivity index (χ3v) is 3.63. The predicted molar refractivity (Wildman–Crippen MR) is 74.8 cm³/mol. The molecule has 1 atom stereocenters. The summed E-state index contributed by atoms with van der Waals surface area (Å²) >= 11 is 1.60. The summed E-state index contributed by atoms with van der Waals surface area (Å²) in [4.78, 5) is 17.3. The van der Waals surface area contributed by atoms with Crippen LogP contribution in [0.5, 0.6) is 0 Å². The summed E-state index contributed by atoms with van der Waals surface area (Å²) in [5, 5.41) is 0. The predicted octanol–water partition coefficient (Wildman–Crippen LogP) is 2.59. The molecule has 0 heterocycles. The van der Waals surface area contributed by atoms with Crippen molar-refractivity contribution >= 4 is 19.6 Å². The minimum absolute atomic E-state index is 0.0828. The maximum Gasteiger partial charge on any atom is 0.469 e. The summed E-state index contributed by atoms with van der Waals surface area (Å²) in [6, 6.07) is 0. The Kier molecular flexibility index (Phi) is 11.1. The van der Waals surface area contributed by atoms with Crippen molar-refractivity contribution in [2.75, 3.05) is 24.7 Å². The van der Waals surface area contributed by atoms with E-state index in [0.29, 0.717) is 12.4 Å². The van der Waals surface area contributed by atoms with Crippen molar-refractivity contribution in [3.63, 3.8) is 0 Å². The van der Waals surface area contributed by atoms with Crippen LogP contribution in [0, 0.1) is 0 Å². The van der Waals surface area contributed by atoms with Crippen LogP contribution < -0.4 is 0 Å². The molecule has 0 aliphatic rings. The standard InChI is InChI=1S/C11H23O5PS/c1-3-5-6-7-15-11(10-18-8-4-2)9-16-17(12,13)14/h4,11H,2-3,5-10H2,1H3,(H2,12,13,14). The molecule has 0 saturated heterocycles. The molecule has 0 amide bonds. The number of phosphoric ester groups is 1. The largest absolute Gasteiger partial charge is 0.469 e. The average molecular weight is 298 g/mol. The second-order valence-corrected chi connectivity index (χ2v) is 6.13. The molecule has 0 bridgehead atoms. The molecular formula is C11H23O5PS. The fourth-order valence-electron chi connectivity index (χ4n) is 1.21. The van der Waals surface area contributed by atoms with Crippen molar-refractivity contribution in [1.82, 2.24) is 0 Å². The Morgan fingerprint density at radius 2 is 2.17 bits per heavy atom. The van der Waals surface area contributed by atoms with E-state index in [4.69, 9.17) is 14.5 Å². The van der Waals surface area contributed by atoms with E-state index < -0.39 is 7.82 Å². The van der Waals surface area contributed by atoms with Gasteiger partial charge in [-0.2, -0.15) is 11.8 Å². The Balaban J connectivity index is 3.91. The fourth-order valence-corrected chi connectivity index (χ4v) is 2.33. The van der Waals surface area contributed by atoms with E-state index in [-0.39, 0.29) is 12.7 Å². The summed E-state index contributed by atoms with van der Waals surface area (Å²) < 4.78 is 20.7. The Labute approximate surface area is 113 Å². The highest BCUT2D eigenvalue weighted by Crippen LogP contribution is 2.36. The molecule has 0 radical (unpaired) electrons. The third kappa shape index (κ3) is 12.6. The highest BCUT2D eigenvalue weighted by molar-refractivity contribution is 7.99. The lowest BCUT2D eigenvalue weighted by molar-refractivity contribution is 0.0245. The Bertz CT molecular complexity index is 256. The van der Waals surface area contributed by atoms with Crippen LogP contribution in [0.15, 0.2) is 12.7 Å². The summed E-state index contributed by atoms with van der Waals surface area (Å²) in [6.45, 7) is 6.23. The van der Waals surface area contributed by atoms with Gasteiger partial charge < -0.3 is 14.5 Å². The van der Waals surface area contributed by atoms with Gasteiger partial charge in [-0.3, -0.25) is 4.52 Å². The zero-order valence-corrected chi connectivity index (χ0v) is 12.5. The molecule has 0 aromatic rings. The van der Waals surface area contributed by atoms with E-state index in [0.717, 1.165) is 25.0 Å². The van der Waals surface area contributed by atoms with Crippen LogP contribution in [0.25, 0.3) is 0 Å². The Morgan fingerprint density at radius 3 is 2.72 bits per heavy atom. The van der Waals surface area contributed by atoms with Crippen LogP contribution in [-0.2, 0) is 13.8 Å². The van der Waals surface area contributed by atoms with Gasteiger partial charge in [0, 0.05) is 18.1 Å². The first-order valence-electron chi connectivity index (χ1n) is 6.00. The highest BCUT2D eigenvalue weighted by Gasteiger charge is 2.18. The molecule has 0 aliphatic carbocycles. The molecule has 5 nitrogen and oxygen atoms in total. The van der Waals surface area contributed by atoms with Crippen LogP contribution in [-0.4, -0.2) is 40.6 Å². The topological polar surface area (TPSA) is 76.0 Å². The molecule has 0 aromatic carbocycles. The molecule has 18 heavy (non-hydrogen) atoms. The van der Waals surface area contributed by atoms with Gasteiger partial charge in [0.05, 0.1) is 12.7 Å². The van der Waals surface area contributed by atoms with Crippen molar-refractivity contribution < 1.29 is 23.6 Å². The van der Waals surface area contributed by atoms with Crippen LogP contribution in [0.2, 0.25) is 0 Å². The van der Waals surface area contributed by atoms with Crippen molar-refractivity contribution in [1.29, 1.82) is 0 Å². The molecule has 7 heteroatoms. The highest BCUT2D eigenvalue weighted by atomic mass is 32.2. The SMILES string of the molecule is C=CCSCC(COP(=O)(O)O)OCCCCC. The molecule has 0 aromatic heterocycles. The van der Waals surface area contributed by atoms with Gasteiger partial charge in [-0.1, -0.05) is 25.8 Å². The van der Waals surface area contributed by atoms with Crippen LogP contribution >= 0.6 is 19.6 Å².